The van der Waals surface area contributed by atoms with Crippen molar-refractivity contribution >= 4 is 34.6 Å². The lowest BCUT2D eigenvalue weighted by atomic mass is 10.2. The van der Waals surface area contributed by atoms with Crippen LogP contribution in [-0.4, -0.2) is 23.5 Å². The number of fused-ring (bicyclic) bond motifs is 1. The van der Waals surface area contributed by atoms with E-state index >= 15 is 0 Å². The second-order valence-electron chi connectivity index (χ2n) is 5.15. The molecule has 0 spiro atoms. The molecule has 0 saturated heterocycles. The van der Waals surface area contributed by atoms with Gasteiger partial charge in [-0.2, -0.15) is 0 Å². The highest BCUT2D eigenvalue weighted by Gasteiger charge is 2.20. The lowest BCUT2D eigenvalue weighted by Gasteiger charge is -2.21. The minimum atomic E-state index is -0.362. The van der Waals surface area contributed by atoms with E-state index in [4.69, 9.17) is 4.74 Å². The van der Waals surface area contributed by atoms with Crippen LogP contribution in [0.5, 0.6) is 5.75 Å². The van der Waals surface area contributed by atoms with Gasteiger partial charge in [-0.25, -0.2) is 9.78 Å². The average Bonchev–Trinajstić information content (AvgIpc) is 2.94. The van der Waals surface area contributed by atoms with Crippen LogP contribution in [0.1, 0.15) is 22.9 Å². The Morgan fingerprint density at radius 1 is 1.48 bits per heavy atom. The number of anilines is 2. The van der Waals surface area contributed by atoms with Crippen LogP contribution in [0.15, 0.2) is 24.4 Å². The van der Waals surface area contributed by atoms with E-state index in [2.05, 4.69) is 20.9 Å². The summed E-state index contributed by atoms with van der Waals surface area (Å²) < 4.78 is 5.40. The topological polar surface area (TPSA) is 92.3 Å². The van der Waals surface area contributed by atoms with Crippen molar-refractivity contribution in [2.24, 2.45) is 0 Å². The van der Waals surface area contributed by atoms with Crippen LogP contribution in [0.2, 0.25) is 0 Å². The number of aryl methyl sites for hydroxylation is 1. The SMILES string of the molecule is Cc1cnc(C(C)NC(=O)Nc2cccc3c2OCC(=O)N3)s1. The van der Waals surface area contributed by atoms with Gasteiger partial charge in [0.2, 0.25) is 0 Å². The van der Waals surface area contributed by atoms with E-state index in [0.29, 0.717) is 17.1 Å². The maximum atomic E-state index is 12.2. The van der Waals surface area contributed by atoms with Crippen LogP contribution in [0.3, 0.4) is 0 Å². The fourth-order valence-corrected chi connectivity index (χ4v) is 2.98. The van der Waals surface area contributed by atoms with E-state index in [1.807, 2.05) is 13.8 Å². The molecule has 0 aliphatic carbocycles. The molecule has 1 unspecified atom stereocenters. The Kier molecular flexibility index (Phi) is 4.16. The number of amides is 3. The van der Waals surface area contributed by atoms with Crippen molar-refractivity contribution in [3.8, 4) is 5.75 Å². The summed E-state index contributed by atoms with van der Waals surface area (Å²) in [7, 11) is 0. The molecule has 1 aliphatic rings. The number of para-hydroxylation sites is 1. The van der Waals surface area contributed by atoms with Gasteiger partial charge in [0.1, 0.15) is 5.01 Å². The smallest absolute Gasteiger partial charge is 0.319 e. The van der Waals surface area contributed by atoms with Crippen molar-refractivity contribution < 1.29 is 14.3 Å². The molecule has 120 valence electrons. The molecule has 1 aromatic carbocycles. The Labute approximate surface area is 137 Å². The normalized spacial score (nSPS) is 14.3. The van der Waals surface area contributed by atoms with E-state index < -0.39 is 0 Å². The number of rotatable bonds is 3. The summed E-state index contributed by atoms with van der Waals surface area (Å²) in [5, 5.41) is 9.11. The Morgan fingerprint density at radius 3 is 3.04 bits per heavy atom. The molecule has 23 heavy (non-hydrogen) atoms. The number of hydrogen-bond acceptors (Lipinski definition) is 5. The monoisotopic (exact) mass is 332 g/mol. The third-order valence-electron chi connectivity index (χ3n) is 3.24. The molecule has 1 aliphatic heterocycles. The summed E-state index contributed by atoms with van der Waals surface area (Å²) in [6.07, 6.45) is 1.78. The first-order chi connectivity index (χ1) is 11.0. The number of aromatic nitrogens is 1. The predicted octanol–water partition coefficient (Wildman–Crippen LogP) is 2.67. The zero-order valence-corrected chi connectivity index (χ0v) is 13.5. The lowest BCUT2D eigenvalue weighted by molar-refractivity contribution is -0.118. The Balaban J connectivity index is 1.69. The number of carbonyl (C=O) groups is 2. The highest BCUT2D eigenvalue weighted by atomic mass is 32.1. The highest BCUT2D eigenvalue weighted by Crippen LogP contribution is 2.35. The Hall–Kier alpha value is -2.61. The first-order valence-corrected chi connectivity index (χ1v) is 7.90. The standard InChI is InChI=1S/C15H16N4O3S/c1-8-6-16-14(23-8)9(2)17-15(21)19-11-5-3-4-10-13(11)22-7-12(20)18-10/h3-6,9H,7H2,1-2H3,(H,18,20)(H2,17,19,21). The van der Waals surface area contributed by atoms with Gasteiger partial charge in [-0.05, 0) is 26.0 Å². The van der Waals surface area contributed by atoms with Crippen LogP contribution < -0.4 is 20.7 Å². The molecule has 1 atom stereocenters. The average molecular weight is 332 g/mol. The van der Waals surface area contributed by atoms with Gasteiger partial charge < -0.3 is 20.7 Å². The van der Waals surface area contributed by atoms with E-state index in [1.165, 1.54) is 0 Å². The van der Waals surface area contributed by atoms with Crippen molar-refractivity contribution in [2.75, 3.05) is 17.2 Å². The maximum absolute atomic E-state index is 12.2. The van der Waals surface area contributed by atoms with Crippen LogP contribution >= 0.6 is 11.3 Å². The van der Waals surface area contributed by atoms with E-state index in [9.17, 15) is 9.59 Å². The van der Waals surface area contributed by atoms with Gasteiger partial charge in [-0.3, -0.25) is 4.79 Å². The summed E-state index contributed by atoms with van der Waals surface area (Å²) in [6, 6.07) is 4.61. The Bertz CT molecular complexity index is 759. The molecular weight excluding hydrogens is 316 g/mol. The molecule has 0 bridgehead atoms. The minimum absolute atomic E-state index is 0.0674. The highest BCUT2D eigenvalue weighted by molar-refractivity contribution is 7.11. The van der Waals surface area contributed by atoms with Gasteiger partial charge in [-0.1, -0.05) is 6.07 Å². The molecule has 3 amide bonds. The second-order valence-corrected chi connectivity index (χ2v) is 6.41. The molecule has 3 rings (SSSR count). The number of carbonyl (C=O) groups excluding carboxylic acids is 2. The largest absolute Gasteiger partial charge is 0.479 e. The molecule has 3 N–H and O–H groups in total. The Morgan fingerprint density at radius 2 is 2.30 bits per heavy atom. The molecular formula is C15H16N4O3S. The fraction of sp³-hybridized carbons (Fsp3) is 0.267. The van der Waals surface area contributed by atoms with Gasteiger partial charge in [-0.15, -0.1) is 11.3 Å². The van der Waals surface area contributed by atoms with Crippen molar-refractivity contribution in [1.29, 1.82) is 0 Å². The van der Waals surface area contributed by atoms with Gasteiger partial charge in [0.15, 0.2) is 12.4 Å². The number of nitrogens with zero attached hydrogens (tertiary/aromatic N) is 1. The van der Waals surface area contributed by atoms with Crippen LogP contribution in [0.4, 0.5) is 16.2 Å². The summed E-state index contributed by atoms with van der Waals surface area (Å²) in [5.41, 5.74) is 1.05. The number of hydrogen-bond donors (Lipinski definition) is 3. The van der Waals surface area contributed by atoms with E-state index in [0.717, 1.165) is 9.88 Å². The third-order valence-corrected chi connectivity index (χ3v) is 4.34. The third kappa shape index (κ3) is 3.42. The number of benzene rings is 1. The fourth-order valence-electron chi connectivity index (χ4n) is 2.20. The molecule has 0 saturated carbocycles. The molecule has 0 fully saturated rings. The lowest BCUT2D eigenvalue weighted by Crippen LogP contribution is -2.32. The quantitative estimate of drug-likeness (QED) is 0.806. The van der Waals surface area contributed by atoms with E-state index in [-0.39, 0.29) is 24.6 Å². The molecule has 8 heteroatoms. The molecule has 2 aromatic rings. The number of thiazole rings is 1. The maximum Gasteiger partial charge on any atom is 0.319 e. The van der Waals surface area contributed by atoms with Crippen molar-refractivity contribution in [1.82, 2.24) is 10.3 Å². The zero-order chi connectivity index (χ0) is 16.4. The molecule has 1 aromatic heterocycles. The van der Waals surface area contributed by atoms with Crippen LogP contribution in [0, 0.1) is 6.92 Å². The van der Waals surface area contributed by atoms with Crippen molar-refractivity contribution in [3.63, 3.8) is 0 Å². The zero-order valence-electron chi connectivity index (χ0n) is 12.7. The second kappa shape index (κ2) is 6.25. The number of nitrogens with one attached hydrogen (secondary N) is 3. The van der Waals surface area contributed by atoms with Crippen LogP contribution in [-0.2, 0) is 4.79 Å². The summed E-state index contributed by atoms with van der Waals surface area (Å²) in [6.45, 7) is 3.77. The van der Waals surface area contributed by atoms with Gasteiger partial charge in [0, 0.05) is 11.1 Å². The van der Waals surface area contributed by atoms with Crippen LogP contribution in [0.25, 0.3) is 0 Å². The predicted molar refractivity (Wildman–Crippen MR) is 88.0 cm³/mol. The molecule has 7 nitrogen and oxygen atoms in total. The minimum Gasteiger partial charge on any atom is -0.479 e. The van der Waals surface area contributed by atoms with Gasteiger partial charge in [0.25, 0.3) is 5.91 Å². The summed E-state index contributed by atoms with van der Waals surface area (Å²) in [5.74, 6) is 0.242. The number of ether oxygens (including phenoxy) is 1. The molecule has 2 heterocycles. The van der Waals surface area contributed by atoms with E-state index in [1.54, 1.807) is 35.7 Å². The van der Waals surface area contributed by atoms with Gasteiger partial charge in [0.05, 0.1) is 17.4 Å². The van der Waals surface area contributed by atoms with Crippen molar-refractivity contribution in [3.05, 3.63) is 34.3 Å². The summed E-state index contributed by atoms with van der Waals surface area (Å²) in [4.78, 5) is 28.8. The molecule has 0 radical (unpaired) electrons. The summed E-state index contributed by atoms with van der Waals surface area (Å²) >= 11 is 1.54. The van der Waals surface area contributed by atoms with Gasteiger partial charge >= 0.3 is 6.03 Å². The number of urea groups is 1. The first kappa shape index (κ1) is 15.3. The van der Waals surface area contributed by atoms with Crippen molar-refractivity contribution in [2.45, 2.75) is 19.9 Å². The first-order valence-electron chi connectivity index (χ1n) is 7.08.